The summed E-state index contributed by atoms with van der Waals surface area (Å²) >= 11 is 0. The maximum atomic E-state index is 10.4. The largest absolute Gasteiger partial charge is 1.00 e. The number of carbonyl (C=O) groups is 1. The van der Waals surface area contributed by atoms with Crippen LogP contribution in [-0.2, 0) is 9.36 Å². The molecule has 0 amide bonds. The molecule has 0 aromatic heterocycles. The van der Waals surface area contributed by atoms with Crippen molar-refractivity contribution in [3.8, 4) is 0 Å². The maximum absolute atomic E-state index is 10.4. The number of nitrogens with two attached hydrogens (primary N) is 1. The molecule has 13 heavy (non-hydrogen) atoms. The van der Waals surface area contributed by atoms with Gasteiger partial charge in [0.2, 0.25) is 0 Å². The van der Waals surface area contributed by atoms with Crippen molar-refractivity contribution < 1.29 is 36.7 Å². The highest BCUT2D eigenvalue weighted by Crippen LogP contribution is 2.36. The normalized spacial score (nSPS) is 15.7. The van der Waals surface area contributed by atoms with Crippen LogP contribution < -0.4 is 18.1 Å². The fraction of sp³-hybridized carbons (Fsp3) is 0.800. The number of hydrogen-bond donors (Lipinski definition) is 4. The number of carboxylic acid groups (broad SMARTS) is 1. The number of rotatable bonds is 4. The van der Waals surface area contributed by atoms with Crippen LogP contribution in [0.15, 0.2) is 0 Å². The van der Waals surface area contributed by atoms with Crippen molar-refractivity contribution in [1.82, 2.24) is 0 Å². The maximum Gasteiger partial charge on any atom is 0.325 e. The van der Waals surface area contributed by atoms with E-state index in [-0.39, 0.29) is 18.8 Å². The van der Waals surface area contributed by atoms with Crippen molar-refractivity contribution in [3.05, 3.63) is 0 Å². The van der Waals surface area contributed by atoms with Crippen LogP contribution >= 0.6 is 7.60 Å². The van der Waals surface area contributed by atoms with Gasteiger partial charge in [-0.05, 0) is 13.3 Å². The molecule has 5 N–H and O–H groups in total. The zero-order valence-electron chi connectivity index (χ0n) is 6.97. The topological polar surface area (TPSA) is 121 Å². The first-order valence-electron chi connectivity index (χ1n) is 3.22. The molecule has 0 heterocycles. The minimum Gasteiger partial charge on any atom is -1.00 e. The molecule has 0 bridgehead atoms. The lowest BCUT2D eigenvalue weighted by Crippen LogP contribution is -3.00. The second kappa shape index (κ2) is 4.93. The second-order valence-electron chi connectivity index (χ2n) is 2.86. The van der Waals surface area contributed by atoms with Gasteiger partial charge in [0.1, 0.15) is 5.54 Å². The summed E-state index contributed by atoms with van der Waals surface area (Å²) < 4.78 is 10.3. The minimum atomic E-state index is -4.15. The second-order valence-corrected chi connectivity index (χ2v) is 4.64. The third-order valence-corrected chi connectivity index (χ3v) is 2.22. The molecule has 80 valence electrons. The average Bonchev–Trinajstić information content (AvgIpc) is 1.82. The zero-order chi connectivity index (χ0) is 9.99. The number of halogens is 1. The molecule has 0 unspecified atom stereocenters. The van der Waals surface area contributed by atoms with Gasteiger partial charge in [0.05, 0.1) is 6.16 Å². The van der Waals surface area contributed by atoms with Crippen molar-refractivity contribution in [2.45, 2.75) is 18.9 Å². The Hall–Kier alpha value is -0.130. The Bertz CT molecular complexity index is 225. The third kappa shape index (κ3) is 6.98. The van der Waals surface area contributed by atoms with Gasteiger partial charge in [0.15, 0.2) is 0 Å². The van der Waals surface area contributed by atoms with Crippen LogP contribution in [0, 0.1) is 0 Å². The van der Waals surface area contributed by atoms with Gasteiger partial charge in [-0.2, -0.15) is 0 Å². The van der Waals surface area contributed by atoms with E-state index in [0.717, 1.165) is 0 Å². The van der Waals surface area contributed by atoms with Crippen molar-refractivity contribution in [3.63, 3.8) is 0 Å². The average molecular weight is 233 g/mol. The molecule has 0 spiro atoms. The molecule has 1 atom stereocenters. The molecule has 0 rings (SSSR count). The quantitative estimate of drug-likeness (QED) is 0.371. The molecular weight excluding hydrogens is 220 g/mol. The van der Waals surface area contributed by atoms with Crippen molar-refractivity contribution in [2.24, 2.45) is 5.73 Å². The lowest BCUT2D eigenvalue weighted by Gasteiger charge is -2.18. The summed E-state index contributed by atoms with van der Waals surface area (Å²) in [6, 6.07) is 0. The fourth-order valence-corrected chi connectivity index (χ4v) is 1.24. The van der Waals surface area contributed by atoms with E-state index in [4.69, 9.17) is 20.6 Å². The first-order chi connectivity index (χ1) is 5.15. The highest BCUT2D eigenvalue weighted by atomic mass is 35.5. The fourth-order valence-electron chi connectivity index (χ4n) is 0.485. The van der Waals surface area contributed by atoms with E-state index in [1.165, 1.54) is 6.92 Å². The van der Waals surface area contributed by atoms with Gasteiger partial charge in [-0.25, -0.2) is 0 Å². The molecule has 8 heteroatoms. The third-order valence-electron chi connectivity index (χ3n) is 1.41. The number of carboxylic acids is 1. The van der Waals surface area contributed by atoms with Gasteiger partial charge < -0.3 is 33.0 Å². The first kappa shape index (κ1) is 15.3. The Kier molecular flexibility index (Phi) is 5.82. The van der Waals surface area contributed by atoms with Gasteiger partial charge in [0, 0.05) is 0 Å². The summed E-state index contributed by atoms with van der Waals surface area (Å²) in [6.07, 6.45) is -0.751. The molecule has 0 aromatic rings. The van der Waals surface area contributed by atoms with Gasteiger partial charge in [-0.1, -0.05) is 0 Å². The molecule has 0 aromatic carbocycles. The van der Waals surface area contributed by atoms with Crippen LogP contribution in [0.2, 0.25) is 0 Å². The standard InChI is InChI=1S/C5H12NO5P.ClH/c1-5(6,4(7)8)2-3-12(9,10)11;/h2-3,6H2,1H3,(H,7,8)(H2,9,10,11);1H/p-1/t5-;/m0./s1. The van der Waals surface area contributed by atoms with Crippen molar-refractivity contribution in [2.75, 3.05) is 6.16 Å². The van der Waals surface area contributed by atoms with E-state index in [0.29, 0.717) is 0 Å². The summed E-state index contributed by atoms with van der Waals surface area (Å²) in [7, 11) is -4.15. The summed E-state index contributed by atoms with van der Waals surface area (Å²) in [5.74, 6) is -1.27. The Morgan fingerprint density at radius 1 is 1.54 bits per heavy atom. The lowest BCUT2D eigenvalue weighted by atomic mass is 10.0. The Labute approximate surface area is 81.7 Å². The first-order valence-corrected chi connectivity index (χ1v) is 5.02. The monoisotopic (exact) mass is 232 g/mol. The molecule has 0 saturated heterocycles. The van der Waals surface area contributed by atoms with E-state index in [2.05, 4.69) is 0 Å². The van der Waals surface area contributed by atoms with Crippen LogP contribution in [0.3, 0.4) is 0 Å². The van der Waals surface area contributed by atoms with E-state index in [1.54, 1.807) is 0 Å². The molecule has 0 radical (unpaired) electrons. The van der Waals surface area contributed by atoms with E-state index < -0.39 is 25.3 Å². The summed E-state index contributed by atoms with van der Waals surface area (Å²) in [5.41, 5.74) is 3.66. The van der Waals surface area contributed by atoms with Gasteiger partial charge in [-0.15, -0.1) is 0 Å². The Morgan fingerprint density at radius 3 is 2.15 bits per heavy atom. The van der Waals surface area contributed by atoms with Crippen LogP contribution in [0.5, 0.6) is 0 Å². The van der Waals surface area contributed by atoms with Crippen molar-refractivity contribution in [1.29, 1.82) is 0 Å². The van der Waals surface area contributed by atoms with Gasteiger partial charge >= 0.3 is 13.6 Å². The van der Waals surface area contributed by atoms with E-state index in [9.17, 15) is 9.36 Å². The molecule has 0 aliphatic carbocycles. The molecule has 0 aliphatic heterocycles. The van der Waals surface area contributed by atoms with Crippen LogP contribution in [0.25, 0.3) is 0 Å². The molecule has 0 saturated carbocycles. The Morgan fingerprint density at radius 2 is 1.92 bits per heavy atom. The number of aliphatic carboxylic acids is 1. The number of hydrogen-bond acceptors (Lipinski definition) is 3. The van der Waals surface area contributed by atoms with Crippen molar-refractivity contribution >= 4 is 13.6 Å². The van der Waals surface area contributed by atoms with E-state index >= 15 is 0 Å². The predicted molar refractivity (Wildman–Crippen MR) is 41.8 cm³/mol. The van der Waals surface area contributed by atoms with Gasteiger partial charge in [-0.3, -0.25) is 9.36 Å². The lowest BCUT2D eigenvalue weighted by molar-refractivity contribution is -0.142. The van der Waals surface area contributed by atoms with Crippen LogP contribution in [0.4, 0.5) is 0 Å². The Balaban J connectivity index is 0. The van der Waals surface area contributed by atoms with E-state index in [1.807, 2.05) is 0 Å². The minimum absolute atomic E-state index is 0. The molecule has 0 fully saturated rings. The molecule has 6 nitrogen and oxygen atoms in total. The smallest absolute Gasteiger partial charge is 0.325 e. The van der Waals surface area contributed by atoms with Crippen LogP contribution in [0.1, 0.15) is 13.3 Å². The molecule has 0 aliphatic rings. The highest BCUT2D eigenvalue weighted by molar-refractivity contribution is 7.51. The summed E-state index contributed by atoms with van der Waals surface area (Å²) in [5, 5.41) is 8.46. The van der Waals surface area contributed by atoms with Gasteiger partial charge in [0.25, 0.3) is 0 Å². The predicted octanol–water partition coefficient (Wildman–Crippen LogP) is -3.64. The highest BCUT2D eigenvalue weighted by Gasteiger charge is 2.30. The summed E-state index contributed by atoms with van der Waals surface area (Å²) in [6.45, 7) is 1.21. The molecular formula is C5H12ClNO5P-. The SMILES string of the molecule is C[C@](N)(CCP(=O)(O)O)C(=O)O.[Cl-]. The van der Waals surface area contributed by atoms with Crippen LogP contribution in [-0.4, -0.2) is 32.6 Å². The zero-order valence-corrected chi connectivity index (χ0v) is 8.63. The summed E-state index contributed by atoms with van der Waals surface area (Å²) in [4.78, 5) is 27.2.